The van der Waals surface area contributed by atoms with Crippen LogP contribution in [-0.2, 0) is 9.59 Å². The molecule has 2 aliphatic rings. The minimum Gasteiger partial charge on any atom is -0.426 e. The van der Waals surface area contributed by atoms with E-state index in [0.29, 0.717) is 58.9 Å². The Morgan fingerprint density at radius 1 is 0.604 bits per heavy atom. The molecule has 2 unspecified atom stereocenters. The van der Waals surface area contributed by atoms with Crippen LogP contribution >= 0.6 is 23.2 Å². The zero-order chi connectivity index (χ0) is 33.7. The van der Waals surface area contributed by atoms with Crippen LogP contribution in [0.1, 0.15) is 57.5 Å². The second-order valence-corrected chi connectivity index (χ2v) is 12.6. The summed E-state index contributed by atoms with van der Waals surface area (Å²) in [7, 11) is 0. The lowest BCUT2D eigenvalue weighted by molar-refractivity contribution is -0.132. The highest BCUT2D eigenvalue weighted by atomic mass is 35.5. The molecule has 0 bridgehead atoms. The van der Waals surface area contributed by atoms with Crippen LogP contribution in [0.5, 0.6) is 11.5 Å². The van der Waals surface area contributed by atoms with Crippen molar-refractivity contribution in [2.24, 2.45) is 0 Å². The third-order valence-corrected chi connectivity index (χ3v) is 9.75. The van der Waals surface area contributed by atoms with Crippen LogP contribution in [0.2, 0.25) is 0 Å². The third-order valence-electron chi connectivity index (χ3n) is 9.01. The lowest BCUT2D eigenvalue weighted by Crippen LogP contribution is -2.31. The average molecular weight is 682 g/mol. The van der Waals surface area contributed by atoms with Crippen LogP contribution in [0.3, 0.4) is 0 Å². The maximum Gasteiger partial charge on any atom is 0.308 e. The molecule has 0 N–H and O–H groups in total. The largest absolute Gasteiger partial charge is 0.426 e. The molecule has 0 saturated heterocycles. The van der Waals surface area contributed by atoms with Crippen LogP contribution in [0.15, 0.2) is 84.9 Å². The molecule has 2 heterocycles. The number of nitrogens with zero attached hydrogens (tertiary/aromatic N) is 2. The Labute approximate surface area is 286 Å². The fourth-order valence-corrected chi connectivity index (χ4v) is 7.51. The minimum absolute atomic E-state index is 0.124. The maximum absolute atomic E-state index is 14.0. The van der Waals surface area contributed by atoms with E-state index >= 15 is 0 Å². The van der Waals surface area contributed by atoms with Crippen molar-refractivity contribution in [3.05, 3.63) is 107 Å². The highest BCUT2D eigenvalue weighted by Crippen LogP contribution is 2.47. The fraction of sp³-hybridized carbons (Fsp3) is 0.211. The summed E-state index contributed by atoms with van der Waals surface area (Å²) in [5.74, 6) is -0.351. The van der Waals surface area contributed by atoms with E-state index in [9.17, 15) is 19.2 Å². The molecule has 2 atom stereocenters. The molecule has 0 spiro atoms. The molecule has 48 heavy (non-hydrogen) atoms. The van der Waals surface area contributed by atoms with E-state index in [1.54, 1.807) is 46.2 Å². The Morgan fingerprint density at radius 2 is 0.958 bits per heavy atom. The van der Waals surface area contributed by atoms with Gasteiger partial charge in [-0.25, -0.2) is 0 Å². The number of carbonyl (C=O) groups excluding carboxylic acids is 4. The summed E-state index contributed by atoms with van der Waals surface area (Å²) in [4.78, 5) is 55.2. The van der Waals surface area contributed by atoms with E-state index in [2.05, 4.69) is 0 Å². The van der Waals surface area contributed by atoms with Gasteiger partial charge in [0.05, 0.1) is 11.4 Å². The highest BCUT2D eigenvalue weighted by Gasteiger charge is 2.37. The van der Waals surface area contributed by atoms with Gasteiger partial charge in [0, 0.05) is 84.6 Å². The topological polar surface area (TPSA) is 93.2 Å². The molecule has 2 amide bonds. The monoisotopic (exact) mass is 680 g/mol. The summed E-state index contributed by atoms with van der Waals surface area (Å²) in [6.07, 6.45) is 0. The molecule has 5 aromatic rings. The van der Waals surface area contributed by atoms with Gasteiger partial charge in [-0.2, -0.15) is 0 Å². The van der Waals surface area contributed by atoms with Gasteiger partial charge in [-0.05, 0) is 46.2 Å². The van der Waals surface area contributed by atoms with Crippen molar-refractivity contribution in [3.8, 4) is 11.5 Å². The Morgan fingerprint density at radius 3 is 1.29 bits per heavy atom. The quantitative estimate of drug-likeness (QED) is 0.103. The number of amides is 2. The summed E-state index contributed by atoms with van der Waals surface area (Å²) in [6.45, 7) is 3.39. The molecule has 0 aliphatic carbocycles. The van der Waals surface area contributed by atoms with Crippen LogP contribution in [-0.4, -0.2) is 48.6 Å². The number of ether oxygens (including phenoxy) is 2. The van der Waals surface area contributed by atoms with Crippen molar-refractivity contribution in [2.45, 2.75) is 25.7 Å². The van der Waals surface area contributed by atoms with Crippen molar-refractivity contribution in [2.75, 3.05) is 34.6 Å². The molecule has 0 fully saturated rings. The molecule has 8 nitrogen and oxygen atoms in total. The summed E-state index contributed by atoms with van der Waals surface area (Å²) < 4.78 is 11.1. The lowest BCUT2D eigenvalue weighted by Gasteiger charge is -2.21. The molecular weight excluding hydrogens is 651 g/mol. The number of hydrogen-bond acceptors (Lipinski definition) is 6. The van der Waals surface area contributed by atoms with Crippen LogP contribution in [0.25, 0.3) is 21.5 Å². The number of rotatable bonds is 6. The number of anilines is 2. The summed E-state index contributed by atoms with van der Waals surface area (Å²) in [6, 6.07) is 25.2. The number of hydrogen-bond donors (Lipinski definition) is 0. The van der Waals surface area contributed by atoms with Crippen molar-refractivity contribution in [3.63, 3.8) is 0 Å². The van der Waals surface area contributed by atoms with Crippen LogP contribution in [0, 0.1) is 0 Å². The number of alkyl halides is 2. The number of fused-ring (bicyclic) bond motifs is 6. The van der Waals surface area contributed by atoms with Gasteiger partial charge in [0.1, 0.15) is 11.5 Å². The van der Waals surface area contributed by atoms with E-state index in [4.69, 9.17) is 32.7 Å². The van der Waals surface area contributed by atoms with Crippen molar-refractivity contribution in [1.29, 1.82) is 0 Å². The van der Waals surface area contributed by atoms with Crippen molar-refractivity contribution < 1.29 is 28.7 Å². The zero-order valence-corrected chi connectivity index (χ0v) is 27.7. The van der Waals surface area contributed by atoms with Gasteiger partial charge >= 0.3 is 11.9 Å². The van der Waals surface area contributed by atoms with Gasteiger partial charge in [-0.15, -0.1) is 23.2 Å². The van der Waals surface area contributed by atoms with Gasteiger partial charge < -0.3 is 19.3 Å². The lowest BCUT2D eigenvalue weighted by atomic mass is 9.95. The first-order chi connectivity index (χ1) is 23.2. The Kier molecular flexibility index (Phi) is 8.31. The number of esters is 2. The number of benzene rings is 5. The van der Waals surface area contributed by atoms with Crippen molar-refractivity contribution in [1.82, 2.24) is 0 Å². The number of halogens is 2. The SMILES string of the molecule is CC(=O)Oc1cc2c(c3ccccc13)C(CCl)CN2C(=O)c1ccc(C(=O)N2CC(CCl)c3c2cc(OC(C)=O)c2ccccc32)cc1. The van der Waals surface area contributed by atoms with Crippen LogP contribution < -0.4 is 19.3 Å². The first-order valence-electron chi connectivity index (χ1n) is 15.5. The predicted octanol–water partition coefficient (Wildman–Crippen LogP) is 7.81. The molecule has 7 rings (SSSR count). The minimum atomic E-state index is -0.459. The van der Waals surface area contributed by atoms with E-state index in [1.165, 1.54) is 13.8 Å². The predicted molar refractivity (Wildman–Crippen MR) is 187 cm³/mol. The molecule has 2 aliphatic heterocycles. The summed E-state index contributed by atoms with van der Waals surface area (Å²) >= 11 is 12.8. The number of carbonyl (C=O) groups is 4. The third kappa shape index (κ3) is 5.35. The van der Waals surface area contributed by atoms with Gasteiger partial charge in [0.25, 0.3) is 11.8 Å². The molecule has 10 heteroatoms. The summed E-state index contributed by atoms with van der Waals surface area (Å²) in [5, 5.41) is 3.29. The van der Waals surface area contributed by atoms with E-state index in [1.807, 2.05) is 48.5 Å². The molecule has 0 saturated carbocycles. The Balaban J connectivity index is 1.21. The Hall–Kier alpha value is -4.92. The van der Waals surface area contributed by atoms with Gasteiger partial charge in [-0.1, -0.05) is 48.5 Å². The highest BCUT2D eigenvalue weighted by molar-refractivity contribution is 6.20. The Bertz CT molecular complexity index is 2000. The zero-order valence-electron chi connectivity index (χ0n) is 26.2. The molecular formula is C38H30Cl2N2O6. The van der Waals surface area contributed by atoms with E-state index < -0.39 is 11.9 Å². The van der Waals surface area contributed by atoms with Crippen molar-refractivity contribution >= 4 is 79.9 Å². The molecule has 0 aromatic heterocycles. The van der Waals surface area contributed by atoms with E-state index in [-0.39, 0.29) is 23.7 Å². The standard InChI is InChI=1S/C38H30Cl2N2O6/c1-21(43)47-33-15-31-35(29-9-5-3-7-27(29)33)25(17-39)19-41(31)37(45)23-11-13-24(14-12-23)38(46)42-20-26(18-40)36-30-10-6-4-8-28(30)34(16-32(36)42)48-22(2)44/h3-16,25-26H,17-20H2,1-2H3. The second-order valence-electron chi connectivity index (χ2n) is 12.0. The fourth-order valence-electron chi connectivity index (χ4n) is 7.01. The molecule has 0 radical (unpaired) electrons. The molecule has 242 valence electrons. The van der Waals surface area contributed by atoms with Gasteiger partial charge in [0.2, 0.25) is 0 Å². The summed E-state index contributed by atoms with van der Waals surface area (Å²) in [5.41, 5.74) is 3.91. The first kappa shape index (κ1) is 31.7. The average Bonchev–Trinajstić information content (AvgIpc) is 3.66. The van der Waals surface area contributed by atoms with E-state index in [0.717, 1.165) is 32.7 Å². The van der Waals surface area contributed by atoms with Gasteiger partial charge in [-0.3, -0.25) is 19.2 Å². The first-order valence-corrected chi connectivity index (χ1v) is 16.6. The maximum atomic E-state index is 14.0. The van der Waals surface area contributed by atoms with Gasteiger partial charge in [0.15, 0.2) is 0 Å². The second kappa shape index (κ2) is 12.6. The van der Waals surface area contributed by atoms with Crippen LogP contribution in [0.4, 0.5) is 11.4 Å². The normalized spacial score (nSPS) is 16.6. The smallest absolute Gasteiger partial charge is 0.308 e. The molecule has 5 aromatic carbocycles.